The molecule has 0 aromatic carbocycles. The predicted octanol–water partition coefficient (Wildman–Crippen LogP) is -0.374. The van der Waals surface area contributed by atoms with Crippen LogP contribution in [0.4, 0.5) is 5.69 Å². The van der Waals surface area contributed by atoms with Crippen molar-refractivity contribution in [2.45, 2.75) is 0 Å². The van der Waals surface area contributed by atoms with Gasteiger partial charge in [0.2, 0.25) is 5.88 Å². The molecule has 1 saturated heterocycles. The number of rotatable bonds is 4. The van der Waals surface area contributed by atoms with Crippen molar-refractivity contribution in [3.05, 3.63) is 28.4 Å². The number of aromatic nitrogens is 1. The summed E-state index contributed by atoms with van der Waals surface area (Å²) >= 11 is 0. The van der Waals surface area contributed by atoms with Gasteiger partial charge in [0.1, 0.15) is 6.20 Å². The van der Waals surface area contributed by atoms with Crippen molar-refractivity contribution in [1.82, 2.24) is 9.88 Å². The van der Waals surface area contributed by atoms with Crippen molar-refractivity contribution in [3.8, 4) is 5.88 Å². The first kappa shape index (κ1) is 15.2. The molecule has 0 atom stereocenters. The molecular weight excluding hydrogens is 302 g/mol. The normalized spacial score (nSPS) is 17.2. The average molecular weight is 315 g/mol. The lowest BCUT2D eigenvalue weighted by molar-refractivity contribution is -0.385. The SMILES string of the molecule is O=C(COc1ccc([N+](=O)[O-])cn1)N1CCS(=O)(=O)CC1. The molecule has 0 spiro atoms. The van der Waals surface area contributed by atoms with Gasteiger partial charge in [0, 0.05) is 25.2 Å². The number of hydrogen-bond acceptors (Lipinski definition) is 7. The van der Waals surface area contributed by atoms with Gasteiger partial charge in [-0.3, -0.25) is 14.9 Å². The van der Waals surface area contributed by atoms with Crippen molar-refractivity contribution in [2.24, 2.45) is 0 Å². The van der Waals surface area contributed by atoms with Crippen LogP contribution < -0.4 is 4.74 Å². The summed E-state index contributed by atoms with van der Waals surface area (Å²) in [6.07, 6.45) is 1.03. The van der Waals surface area contributed by atoms with Crippen LogP contribution >= 0.6 is 0 Å². The Bertz CT molecular complexity index is 628. The van der Waals surface area contributed by atoms with Crippen LogP contribution in [0.2, 0.25) is 0 Å². The summed E-state index contributed by atoms with van der Waals surface area (Å²) in [5.41, 5.74) is -0.171. The van der Waals surface area contributed by atoms with E-state index in [1.807, 2.05) is 0 Å². The molecule has 0 radical (unpaired) electrons. The zero-order valence-electron chi connectivity index (χ0n) is 11.0. The summed E-state index contributed by atoms with van der Waals surface area (Å²) in [7, 11) is -3.04. The molecule has 0 unspecified atom stereocenters. The molecule has 0 saturated carbocycles. The molecule has 114 valence electrons. The summed E-state index contributed by atoms with van der Waals surface area (Å²) in [5.74, 6) is -0.341. The van der Waals surface area contributed by atoms with E-state index < -0.39 is 14.8 Å². The lowest BCUT2D eigenvalue weighted by Crippen LogP contribution is -2.45. The minimum atomic E-state index is -3.04. The number of nitro groups is 1. The second kappa shape index (κ2) is 6.04. The minimum absolute atomic E-state index is 0.0471. The molecule has 1 amide bonds. The molecular formula is C11H13N3O6S. The van der Waals surface area contributed by atoms with Gasteiger partial charge in [-0.15, -0.1) is 0 Å². The van der Waals surface area contributed by atoms with Crippen LogP contribution in [-0.2, 0) is 14.6 Å². The van der Waals surface area contributed by atoms with Crippen molar-refractivity contribution >= 4 is 21.4 Å². The van der Waals surface area contributed by atoms with Gasteiger partial charge in [-0.1, -0.05) is 0 Å². The lowest BCUT2D eigenvalue weighted by Gasteiger charge is -2.26. The van der Waals surface area contributed by atoms with Gasteiger partial charge in [-0.05, 0) is 0 Å². The second-order valence-electron chi connectivity index (χ2n) is 4.43. The Morgan fingerprint density at radius 1 is 1.38 bits per heavy atom. The number of ether oxygens (including phenoxy) is 1. The summed E-state index contributed by atoms with van der Waals surface area (Å²) in [6.45, 7) is 0.0152. The van der Waals surface area contributed by atoms with Gasteiger partial charge < -0.3 is 9.64 Å². The van der Waals surface area contributed by atoms with Crippen LogP contribution in [0.15, 0.2) is 18.3 Å². The smallest absolute Gasteiger partial charge is 0.287 e. The Kier molecular flexibility index (Phi) is 4.36. The molecule has 2 rings (SSSR count). The molecule has 9 nitrogen and oxygen atoms in total. The molecule has 1 aromatic heterocycles. The van der Waals surface area contributed by atoms with Crippen molar-refractivity contribution in [3.63, 3.8) is 0 Å². The Balaban J connectivity index is 1.85. The number of sulfone groups is 1. The van der Waals surface area contributed by atoms with Crippen LogP contribution in [0.1, 0.15) is 0 Å². The number of carbonyl (C=O) groups excluding carboxylic acids is 1. The van der Waals surface area contributed by atoms with Gasteiger partial charge in [0.05, 0.1) is 16.4 Å². The van der Waals surface area contributed by atoms with Gasteiger partial charge in [-0.25, -0.2) is 13.4 Å². The summed E-state index contributed by atoms with van der Waals surface area (Å²) in [5, 5.41) is 10.5. The van der Waals surface area contributed by atoms with E-state index in [-0.39, 0.29) is 48.7 Å². The molecule has 10 heteroatoms. The lowest BCUT2D eigenvalue weighted by atomic mass is 10.4. The largest absolute Gasteiger partial charge is 0.468 e. The molecule has 1 aromatic rings. The summed E-state index contributed by atoms with van der Waals surface area (Å²) < 4.78 is 27.6. The van der Waals surface area contributed by atoms with Gasteiger partial charge >= 0.3 is 0 Å². The third-order valence-corrected chi connectivity index (χ3v) is 4.58. The topological polar surface area (TPSA) is 120 Å². The quantitative estimate of drug-likeness (QED) is 0.549. The monoisotopic (exact) mass is 315 g/mol. The fraction of sp³-hybridized carbons (Fsp3) is 0.455. The van der Waals surface area contributed by atoms with Gasteiger partial charge in [0.25, 0.3) is 11.6 Å². The fourth-order valence-corrected chi connectivity index (χ4v) is 2.96. The van der Waals surface area contributed by atoms with E-state index in [0.717, 1.165) is 6.20 Å². The molecule has 21 heavy (non-hydrogen) atoms. The first-order valence-electron chi connectivity index (χ1n) is 6.09. The summed E-state index contributed by atoms with van der Waals surface area (Å²) in [6, 6.07) is 2.52. The number of carbonyl (C=O) groups is 1. The van der Waals surface area contributed by atoms with Crippen LogP contribution in [-0.4, -0.2) is 60.3 Å². The maximum Gasteiger partial charge on any atom is 0.287 e. The van der Waals surface area contributed by atoms with Gasteiger partial charge in [0.15, 0.2) is 16.4 Å². The van der Waals surface area contributed by atoms with Crippen LogP contribution in [0, 0.1) is 10.1 Å². The average Bonchev–Trinajstić information content (AvgIpc) is 2.45. The van der Waals surface area contributed by atoms with Crippen molar-refractivity contribution in [1.29, 1.82) is 0 Å². The Morgan fingerprint density at radius 2 is 2.05 bits per heavy atom. The number of hydrogen-bond donors (Lipinski definition) is 0. The van der Waals surface area contributed by atoms with E-state index in [1.54, 1.807) is 0 Å². The van der Waals surface area contributed by atoms with Crippen LogP contribution in [0.3, 0.4) is 0 Å². The third kappa shape index (κ3) is 4.12. The number of amides is 1. The maximum atomic E-state index is 11.8. The highest BCUT2D eigenvalue weighted by molar-refractivity contribution is 7.91. The minimum Gasteiger partial charge on any atom is -0.468 e. The molecule has 1 fully saturated rings. The Hall–Kier alpha value is -2.23. The first-order valence-corrected chi connectivity index (χ1v) is 7.91. The molecule has 0 bridgehead atoms. The summed E-state index contributed by atoms with van der Waals surface area (Å²) in [4.78, 5) is 26.8. The van der Waals surface area contributed by atoms with E-state index >= 15 is 0 Å². The molecule has 0 N–H and O–H groups in total. The zero-order chi connectivity index (χ0) is 15.5. The van der Waals surface area contributed by atoms with E-state index in [4.69, 9.17) is 4.74 Å². The molecule has 1 aliphatic heterocycles. The van der Waals surface area contributed by atoms with Crippen molar-refractivity contribution in [2.75, 3.05) is 31.2 Å². The third-order valence-electron chi connectivity index (χ3n) is 2.97. The fourth-order valence-electron chi connectivity index (χ4n) is 1.75. The second-order valence-corrected chi connectivity index (χ2v) is 6.74. The van der Waals surface area contributed by atoms with E-state index in [9.17, 15) is 23.3 Å². The van der Waals surface area contributed by atoms with Crippen LogP contribution in [0.25, 0.3) is 0 Å². The number of pyridine rings is 1. The number of nitrogens with zero attached hydrogens (tertiary/aromatic N) is 3. The van der Waals surface area contributed by atoms with Crippen LogP contribution in [0.5, 0.6) is 5.88 Å². The van der Waals surface area contributed by atoms with Gasteiger partial charge in [-0.2, -0.15) is 0 Å². The standard InChI is InChI=1S/C11H13N3O6S/c15-11(13-3-5-21(18,19)6-4-13)8-20-10-2-1-9(7-12-10)14(16)17/h1-2,7H,3-6,8H2. The molecule has 2 heterocycles. The highest BCUT2D eigenvalue weighted by Crippen LogP contribution is 2.13. The van der Waals surface area contributed by atoms with E-state index in [2.05, 4.69) is 4.98 Å². The molecule has 0 aliphatic carbocycles. The maximum absolute atomic E-state index is 11.8. The first-order chi connectivity index (χ1) is 9.87. The Morgan fingerprint density at radius 3 is 2.57 bits per heavy atom. The van der Waals surface area contributed by atoms with Crippen molar-refractivity contribution < 1.29 is 22.9 Å². The van der Waals surface area contributed by atoms with E-state index in [0.29, 0.717) is 0 Å². The van der Waals surface area contributed by atoms with E-state index in [1.165, 1.54) is 17.0 Å². The predicted molar refractivity (Wildman–Crippen MR) is 71.6 cm³/mol. The highest BCUT2D eigenvalue weighted by Gasteiger charge is 2.25. The molecule has 1 aliphatic rings. The highest BCUT2D eigenvalue weighted by atomic mass is 32.2. The zero-order valence-corrected chi connectivity index (χ0v) is 11.8. The Labute approximate surface area is 120 Å².